The third-order valence-corrected chi connectivity index (χ3v) is 3.65. The van der Waals surface area contributed by atoms with E-state index in [4.69, 9.17) is 10.00 Å². The summed E-state index contributed by atoms with van der Waals surface area (Å²) in [7, 11) is 1.94. The molecule has 0 aliphatic carbocycles. The Morgan fingerprint density at radius 1 is 1.50 bits per heavy atom. The summed E-state index contributed by atoms with van der Waals surface area (Å²) in [6.45, 7) is 1.00. The zero-order chi connectivity index (χ0) is 12.7. The highest BCUT2D eigenvalue weighted by Gasteiger charge is 2.39. The smallest absolute Gasteiger partial charge is 0.232 e. The number of amides is 1. The highest BCUT2D eigenvalue weighted by molar-refractivity contribution is 5.98. The fourth-order valence-electron chi connectivity index (χ4n) is 2.58. The average molecular weight is 243 g/mol. The second kappa shape index (κ2) is 4.00. The molecule has 2 atom stereocenters. The molecule has 1 amide bonds. The van der Waals surface area contributed by atoms with Crippen molar-refractivity contribution in [3.63, 3.8) is 0 Å². The minimum absolute atomic E-state index is 0.00666. The summed E-state index contributed by atoms with van der Waals surface area (Å²) >= 11 is 0. The van der Waals surface area contributed by atoms with Gasteiger partial charge in [-0.3, -0.25) is 4.79 Å². The molecule has 5 nitrogen and oxygen atoms in total. The standard InChI is InChI=1S/C13H13N3O2/c1-16-11-4-8(5-14)2-3-10(11)15-13(17)9-6-18-7-12(9)16/h2-4,9,12H,6-7H2,1H3,(H,15,17). The molecule has 2 unspecified atom stereocenters. The number of rotatable bonds is 0. The Morgan fingerprint density at radius 3 is 3.11 bits per heavy atom. The summed E-state index contributed by atoms with van der Waals surface area (Å²) in [5.74, 6) is -0.152. The predicted octanol–water partition coefficient (Wildman–Crippen LogP) is 0.962. The van der Waals surface area contributed by atoms with Gasteiger partial charge in [0.2, 0.25) is 5.91 Å². The zero-order valence-electron chi connectivity index (χ0n) is 10.0. The molecule has 2 aliphatic heterocycles. The number of nitrogens with zero attached hydrogens (tertiary/aromatic N) is 2. The summed E-state index contributed by atoms with van der Waals surface area (Å²) in [6.07, 6.45) is 0. The van der Waals surface area contributed by atoms with Gasteiger partial charge in [-0.25, -0.2) is 0 Å². The minimum Gasteiger partial charge on any atom is -0.378 e. The van der Waals surface area contributed by atoms with E-state index in [-0.39, 0.29) is 17.9 Å². The van der Waals surface area contributed by atoms with Gasteiger partial charge in [0, 0.05) is 7.05 Å². The monoisotopic (exact) mass is 243 g/mol. The van der Waals surface area contributed by atoms with Crippen LogP contribution in [0, 0.1) is 17.2 Å². The third kappa shape index (κ3) is 1.54. The van der Waals surface area contributed by atoms with Gasteiger partial charge in [0.25, 0.3) is 0 Å². The molecule has 2 aliphatic rings. The highest BCUT2D eigenvalue weighted by atomic mass is 16.5. The van der Waals surface area contributed by atoms with Gasteiger partial charge < -0.3 is 15.0 Å². The van der Waals surface area contributed by atoms with Gasteiger partial charge in [0.1, 0.15) is 0 Å². The molecule has 0 radical (unpaired) electrons. The lowest BCUT2D eigenvalue weighted by Gasteiger charge is -2.26. The van der Waals surface area contributed by atoms with Crippen LogP contribution in [0.25, 0.3) is 0 Å². The molecule has 18 heavy (non-hydrogen) atoms. The number of hydrogen-bond donors (Lipinski definition) is 1. The molecule has 2 heterocycles. The third-order valence-electron chi connectivity index (χ3n) is 3.65. The van der Waals surface area contributed by atoms with Gasteiger partial charge in [0.05, 0.1) is 48.2 Å². The van der Waals surface area contributed by atoms with Crippen molar-refractivity contribution in [1.29, 1.82) is 5.26 Å². The first-order valence-corrected chi connectivity index (χ1v) is 5.86. The largest absolute Gasteiger partial charge is 0.378 e. The van der Waals surface area contributed by atoms with E-state index in [1.54, 1.807) is 18.2 Å². The topological polar surface area (TPSA) is 65.4 Å². The Labute approximate surface area is 105 Å². The van der Waals surface area contributed by atoms with Crippen LogP contribution in [0.3, 0.4) is 0 Å². The first-order valence-electron chi connectivity index (χ1n) is 5.86. The van der Waals surface area contributed by atoms with Gasteiger partial charge in [-0.1, -0.05) is 0 Å². The van der Waals surface area contributed by atoms with Crippen molar-refractivity contribution < 1.29 is 9.53 Å². The summed E-state index contributed by atoms with van der Waals surface area (Å²) in [4.78, 5) is 14.1. The number of likely N-dealkylation sites (N-methyl/N-ethyl adjacent to an activating group) is 1. The number of carbonyl (C=O) groups is 1. The van der Waals surface area contributed by atoms with Crippen molar-refractivity contribution in [3.05, 3.63) is 23.8 Å². The molecule has 0 aromatic heterocycles. The zero-order valence-corrected chi connectivity index (χ0v) is 10.0. The van der Waals surface area contributed by atoms with Crippen LogP contribution in [-0.4, -0.2) is 32.2 Å². The van der Waals surface area contributed by atoms with Crippen molar-refractivity contribution >= 4 is 17.3 Å². The van der Waals surface area contributed by atoms with Gasteiger partial charge in [-0.2, -0.15) is 5.26 Å². The lowest BCUT2D eigenvalue weighted by molar-refractivity contribution is -0.120. The number of anilines is 2. The predicted molar refractivity (Wildman–Crippen MR) is 66.3 cm³/mol. The van der Waals surface area contributed by atoms with Crippen LogP contribution in [0.15, 0.2) is 18.2 Å². The molecular weight excluding hydrogens is 230 g/mol. The van der Waals surface area contributed by atoms with Crippen LogP contribution in [0.5, 0.6) is 0 Å². The lowest BCUT2D eigenvalue weighted by Crippen LogP contribution is -2.40. The van der Waals surface area contributed by atoms with Gasteiger partial charge >= 0.3 is 0 Å². The van der Waals surface area contributed by atoms with Gasteiger partial charge in [-0.15, -0.1) is 0 Å². The molecule has 0 saturated carbocycles. The normalized spacial score (nSPS) is 25.8. The second-order valence-electron chi connectivity index (χ2n) is 4.66. The number of nitrogens with one attached hydrogen (secondary N) is 1. The molecule has 5 heteroatoms. The molecular formula is C13H13N3O2. The van der Waals surface area contributed by atoms with E-state index in [1.807, 2.05) is 11.9 Å². The quantitative estimate of drug-likeness (QED) is 0.737. The van der Waals surface area contributed by atoms with Crippen molar-refractivity contribution in [2.45, 2.75) is 6.04 Å². The molecule has 1 aromatic rings. The number of benzene rings is 1. The summed E-state index contributed by atoms with van der Waals surface area (Å²) in [5.41, 5.74) is 2.23. The van der Waals surface area contributed by atoms with E-state index >= 15 is 0 Å². The Morgan fingerprint density at radius 2 is 2.33 bits per heavy atom. The van der Waals surface area contributed by atoms with Crippen LogP contribution < -0.4 is 10.2 Å². The Hall–Kier alpha value is -2.06. The van der Waals surface area contributed by atoms with Crippen LogP contribution in [0.4, 0.5) is 11.4 Å². The SMILES string of the molecule is CN1c2cc(C#N)ccc2NC(=O)C2COCC21. The molecule has 1 saturated heterocycles. The average Bonchev–Trinajstić information content (AvgIpc) is 2.84. The maximum atomic E-state index is 12.1. The van der Waals surface area contributed by atoms with E-state index in [9.17, 15) is 4.79 Å². The van der Waals surface area contributed by atoms with E-state index in [0.717, 1.165) is 11.4 Å². The number of nitriles is 1. The van der Waals surface area contributed by atoms with Crippen LogP contribution >= 0.6 is 0 Å². The number of fused-ring (bicyclic) bond motifs is 2. The molecule has 3 rings (SSSR count). The van der Waals surface area contributed by atoms with E-state index in [0.29, 0.717) is 18.8 Å². The molecule has 0 spiro atoms. The van der Waals surface area contributed by atoms with E-state index in [1.165, 1.54) is 0 Å². The fraction of sp³-hybridized carbons (Fsp3) is 0.385. The van der Waals surface area contributed by atoms with Gasteiger partial charge in [-0.05, 0) is 18.2 Å². The van der Waals surface area contributed by atoms with Gasteiger partial charge in [0.15, 0.2) is 0 Å². The van der Waals surface area contributed by atoms with Crippen molar-refractivity contribution in [2.75, 3.05) is 30.5 Å². The van der Waals surface area contributed by atoms with Crippen molar-refractivity contribution in [1.82, 2.24) is 0 Å². The number of hydrogen-bond acceptors (Lipinski definition) is 4. The molecule has 92 valence electrons. The second-order valence-corrected chi connectivity index (χ2v) is 4.66. The van der Waals surface area contributed by atoms with Crippen LogP contribution in [-0.2, 0) is 9.53 Å². The Balaban J connectivity index is 2.09. The van der Waals surface area contributed by atoms with Crippen molar-refractivity contribution in [2.24, 2.45) is 5.92 Å². The Bertz CT molecular complexity index is 550. The van der Waals surface area contributed by atoms with E-state index in [2.05, 4.69) is 11.4 Å². The lowest BCUT2D eigenvalue weighted by atomic mass is 10.0. The maximum absolute atomic E-state index is 12.1. The first kappa shape index (κ1) is 11.1. The van der Waals surface area contributed by atoms with E-state index < -0.39 is 0 Å². The maximum Gasteiger partial charge on any atom is 0.232 e. The summed E-state index contributed by atoms with van der Waals surface area (Å²) < 4.78 is 5.39. The number of ether oxygens (including phenoxy) is 1. The van der Waals surface area contributed by atoms with Crippen molar-refractivity contribution in [3.8, 4) is 6.07 Å². The minimum atomic E-state index is -0.145. The summed E-state index contributed by atoms with van der Waals surface area (Å²) in [5, 5.41) is 11.9. The fourth-order valence-corrected chi connectivity index (χ4v) is 2.58. The Kier molecular flexibility index (Phi) is 2.46. The molecule has 1 aromatic carbocycles. The van der Waals surface area contributed by atoms with Crippen LogP contribution in [0.2, 0.25) is 0 Å². The molecule has 0 bridgehead atoms. The van der Waals surface area contributed by atoms with Crippen LogP contribution in [0.1, 0.15) is 5.56 Å². The first-order chi connectivity index (χ1) is 8.70. The highest BCUT2D eigenvalue weighted by Crippen LogP contribution is 2.35. The number of carbonyl (C=O) groups excluding carboxylic acids is 1. The summed E-state index contributed by atoms with van der Waals surface area (Å²) in [6, 6.07) is 7.46. The molecule has 1 N–H and O–H groups in total. The molecule has 1 fully saturated rings.